The van der Waals surface area contributed by atoms with Gasteiger partial charge in [-0.2, -0.15) is 0 Å². The number of carbonyl (C=O) groups is 1. The van der Waals surface area contributed by atoms with Gasteiger partial charge in [-0.25, -0.2) is 0 Å². The summed E-state index contributed by atoms with van der Waals surface area (Å²) >= 11 is 0. The van der Waals surface area contributed by atoms with E-state index in [1.807, 2.05) is 0 Å². The highest BCUT2D eigenvalue weighted by Crippen LogP contribution is 2.60. The zero-order valence-corrected chi connectivity index (χ0v) is 16.4. The number of rotatable bonds is 6. The Balaban J connectivity index is 1.81. The molecule has 1 saturated carbocycles. The highest BCUT2D eigenvalue weighted by Gasteiger charge is 2.56. The smallest absolute Gasteiger partial charge is 0.345 e. The fourth-order valence-electron chi connectivity index (χ4n) is 4.76. The Morgan fingerprint density at radius 1 is 1.08 bits per heavy atom. The minimum absolute atomic E-state index is 0.0640. The lowest BCUT2D eigenvalue weighted by Gasteiger charge is -2.36. The molecule has 0 aromatic carbocycles. The molecule has 0 N–H and O–H groups in total. The van der Waals surface area contributed by atoms with Crippen LogP contribution in [0.2, 0.25) is 0 Å². The van der Waals surface area contributed by atoms with E-state index in [9.17, 15) is 9.36 Å². The van der Waals surface area contributed by atoms with E-state index in [0.29, 0.717) is 6.04 Å². The Kier molecular flexibility index (Phi) is 6.59. The quantitative estimate of drug-likeness (QED) is 0.524. The first-order chi connectivity index (χ1) is 12.1. The van der Waals surface area contributed by atoms with Crippen molar-refractivity contribution in [3.8, 4) is 0 Å². The normalized spacial score (nSPS) is 34.4. The summed E-state index contributed by atoms with van der Waals surface area (Å²) in [7, 11) is -3.49. The zero-order chi connectivity index (χ0) is 17.9. The van der Waals surface area contributed by atoms with Gasteiger partial charge in [0.1, 0.15) is 6.10 Å². The molecule has 0 amide bonds. The number of fused-ring (bicyclic) bond motifs is 1. The van der Waals surface area contributed by atoms with Gasteiger partial charge in [0, 0.05) is 12.0 Å². The van der Waals surface area contributed by atoms with Gasteiger partial charge in [-0.3, -0.25) is 9.36 Å². The number of ether oxygens (including phenoxy) is 1. The number of esters is 1. The van der Waals surface area contributed by atoms with Crippen LogP contribution in [-0.2, 0) is 23.1 Å². The molecule has 6 nitrogen and oxygen atoms in total. The van der Waals surface area contributed by atoms with Gasteiger partial charge in [-0.05, 0) is 65.5 Å². The van der Waals surface area contributed by atoms with Crippen LogP contribution in [0.15, 0.2) is 0 Å². The van der Waals surface area contributed by atoms with Crippen molar-refractivity contribution in [2.45, 2.75) is 76.6 Å². The molecule has 3 aliphatic rings. The average Bonchev–Trinajstić information content (AvgIpc) is 2.77. The lowest BCUT2D eigenvalue weighted by atomic mass is 9.92. The average molecular weight is 373 g/mol. The molecule has 4 atom stereocenters. The second-order valence-corrected chi connectivity index (χ2v) is 9.53. The summed E-state index contributed by atoms with van der Waals surface area (Å²) in [6.07, 6.45) is 7.56. The molecule has 0 spiro atoms. The highest BCUT2D eigenvalue weighted by atomic mass is 31.2. The van der Waals surface area contributed by atoms with Crippen LogP contribution >= 0.6 is 7.60 Å². The summed E-state index contributed by atoms with van der Waals surface area (Å²) in [5.74, 6) is -0.453. The van der Waals surface area contributed by atoms with Crippen molar-refractivity contribution in [1.82, 2.24) is 4.90 Å². The lowest BCUT2D eigenvalue weighted by Crippen LogP contribution is -2.41. The van der Waals surface area contributed by atoms with Crippen LogP contribution < -0.4 is 0 Å². The summed E-state index contributed by atoms with van der Waals surface area (Å²) in [4.78, 5) is 15.1. The Labute approximate surface area is 151 Å². The molecular weight excluding hydrogens is 341 g/mol. The van der Waals surface area contributed by atoms with E-state index in [1.54, 1.807) is 13.8 Å². The van der Waals surface area contributed by atoms with E-state index in [2.05, 4.69) is 4.90 Å². The lowest BCUT2D eigenvalue weighted by molar-refractivity contribution is -0.141. The molecule has 2 heterocycles. The van der Waals surface area contributed by atoms with Crippen molar-refractivity contribution in [1.29, 1.82) is 0 Å². The van der Waals surface area contributed by atoms with Crippen molar-refractivity contribution >= 4 is 13.6 Å². The largest absolute Gasteiger partial charge is 0.461 e. The number of nitrogens with zero attached hydrogens (tertiary/aromatic N) is 1. The molecule has 0 aromatic rings. The summed E-state index contributed by atoms with van der Waals surface area (Å²) in [5, 5.41) is 0. The topological polar surface area (TPSA) is 65.1 Å². The van der Waals surface area contributed by atoms with Gasteiger partial charge in [-0.15, -0.1) is 0 Å². The molecular formula is C18H32NO5P. The minimum atomic E-state index is -3.49. The van der Waals surface area contributed by atoms with E-state index in [4.69, 9.17) is 13.8 Å². The number of piperidine rings is 1. The first-order valence-electron chi connectivity index (χ1n) is 9.92. The predicted molar refractivity (Wildman–Crippen MR) is 95.7 cm³/mol. The summed E-state index contributed by atoms with van der Waals surface area (Å²) in [6.45, 7) is 6.38. The van der Waals surface area contributed by atoms with Crippen LogP contribution in [0.3, 0.4) is 0 Å². The highest BCUT2D eigenvalue weighted by molar-refractivity contribution is 7.55. The maximum atomic E-state index is 13.3. The summed E-state index contributed by atoms with van der Waals surface area (Å²) < 4.78 is 30.0. The van der Waals surface area contributed by atoms with E-state index >= 15 is 0 Å². The van der Waals surface area contributed by atoms with Crippen LogP contribution in [-0.4, -0.2) is 55.0 Å². The number of likely N-dealkylation sites (tertiary alicyclic amines) is 1. The van der Waals surface area contributed by atoms with E-state index < -0.39 is 13.3 Å². The third-order valence-corrected chi connectivity index (χ3v) is 8.34. The first-order valence-corrected chi connectivity index (χ1v) is 11.5. The molecule has 144 valence electrons. The molecule has 3 fully saturated rings. The van der Waals surface area contributed by atoms with Crippen LogP contribution in [0.25, 0.3) is 0 Å². The third-order valence-electron chi connectivity index (χ3n) is 5.83. The monoisotopic (exact) mass is 373 g/mol. The van der Waals surface area contributed by atoms with E-state index in [1.165, 1.54) is 19.3 Å². The Morgan fingerprint density at radius 2 is 1.76 bits per heavy atom. The first kappa shape index (κ1) is 19.3. The van der Waals surface area contributed by atoms with Gasteiger partial charge in [0.15, 0.2) is 5.66 Å². The number of hydrogen-bond donors (Lipinski definition) is 0. The van der Waals surface area contributed by atoms with E-state index in [-0.39, 0.29) is 31.2 Å². The van der Waals surface area contributed by atoms with Crippen LogP contribution in [0.5, 0.6) is 0 Å². The van der Waals surface area contributed by atoms with Gasteiger partial charge in [0.05, 0.1) is 13.2 Å². The second-order valence-electron chi connectivity index (χ2n) is 7.38. The van der Waals surface area contributed by atoms with Crippen LogP contribution in [0, 0.1) is 5.92 Å². The van der Waals surface area contributed by atoms with E-state index in [0.717, 1.165) is 38.8 Å². The van der Waals surface area contributed by atoms with Crippen molar-refractivity contribution in [2.75, 3.05) is 26.3 Å². The van der Waals surface area contributed by atoms with Gasteiger partial charge in [0.25, 0.3) is 0 Å². The Bertz CT molecular complexity index is 498. The minimum Gasteiger partial charge on any atom is -0.461 e. The Morgan fingerprint density at radius 3 is 2.40 bits per heavy atom. The van der Waals surface area contributed by atoms with Crippen molar-refractivity contribution in [3.05, 3.63) is 0 Å². The fraction of sp³-hybridized carbons (Fsp3) is 0.944. The maximum absolute atomic E-state index is 13.3. The van der Waals surface area contributed by atoms with Crippen LogP contribution in [0.1, 0.15) is 58.8 Å². The second kappa shape index (κ2) is 8.51. The Hall–Kier alpha value is -0.420. The fourth-order valence-corrected chi connectivity index (χ4v) is 6.98. The van der Waals surface area contributed by atoms with Crippen LogP contribution in [0.4, 0.5) is 0 Å². The molecule has 3 rings (SSSR count). The number of carbonyl (C=O) groups excluding carboxylic acids is 1. The van der Waals surface area contributed by atoms with Crippen molar-refractivity contribution in [2.24, 2.45) is 5.92 Å². The molecule has 0 bridgehead atoms. The SMILES string of the molecule is CCOP(=O)(OCC)C1C(=O)OC2CCCC(N3CCCCC3)CC21. The molecule has 7 heteroatoms. The maximum Gasteiger partial charge on any atom is 0.345 e. The van der Waals surface area contributed by atoms with Gasteiger partial charge < -0.3 is 18.7 Å². The summed E-state index contributed by atoms with van der Waals surface area (Å²) in [5.41, 5.74) is -0.761. The zero-order valence-electron chi connectivity index (χ0n) is 15.5. The molecule has 0 aromatic heterocycles. The molecule has 2 saturated heterocycles. The molecule has 0 radical (unpaired) electrons. The standard InChI is InChI=1S/C18H32NO5P/c1-3-22-25(21,23-4-2)17-15-13-14(19-11-6-5-7-12-19)9-8-10-16(15)24-18(17)20/h14-17H,3-13H2,1-2H3. The summed E-state index contributed by atoms with van der Waals surface area (Å²) in [6, 6.07) is 0.448. The molecule has 4 unspecified atom stereocenters. The van der Waals surface area contributed by atoms with Gasteiger partial charge in [0.2, 0.25) is 0 Å². The van der Waals surface area contributed by atoms with Gasteiger partial charge >= 0.3 is 13.6 Å². The predicted octanol–water partition coefficient (Wildman–Crippen LogP) is 3.59. The van der Waals surface area contributed by atoms with Crippen molar-refractivity contribution < 1.29 is 23.1 Å². The number of hydrogen-bond acceptors (Lipinski definition) is 6. The molecule has 2 aliphatic heterocycles. The third kappa shape index (κ3) is 4.13. The molecule has 1 aliphatic carbocycles. The van der Waals surface area contributed by atoms with Gasteiger partial charge in [-0.1, -0.05) is 6.42 Å². The van der Waals surface area contributed by atoms with Crippen molar-refractivity contribution in [3.63, 3.8) is 0 Å². The molecule has 25 heavy (non-hydrogen) atoms.